The number of rotatable bonds is 7. The van der Waals surface area contributed by atoms with Gasteiger partial charge in [-0.2, -0.15) is 4.31 Å². The molecule has 0 aromatic heterocycles. The fourth-order valence-electron chi connectivity index (χ4n) is 4.36. The van der Waals surface area contributed by atoms with Crippen LogP contribution in [0, 0.1) is 0 Å². The van der Waals surface area contributed by atoms with E-state index in [9.17, 15) is 8.42 Å². The summed E-state index contributed by atoms with van der Waals surface area (Å²) in [5.74, 6) is 0.901. The number of piperazine rings is 1. The van der Waals surface area contributed by atoms with Crippen molar-refractivity contribution in [2.24, 2.45) is 0 Å². The highest BCUT2D eigenvalue weighted by Gasteiger charge is 2.43. The maximum atomic E-state index is 11.7. The van der Waals surface area contributed by atoms with Gasteiger partial charge in [0.15, 0.2) is 0 Å². The number of hydrogen-bond acceptors (Lipinski definition) is 5. The molecule has 1 saturated carbocycles. The number of fused-ring (bicyclic) bond motifs is 1. The molecule has 7 heteroatoms. The molecule has 28 heavy (non-hydrogen) atoms. The second-order valence-electron chi connectivity index (χ2n) is 8.80. The summed E-state index contributed by atoms with van der Waals surface area (Å²) in [6.07, 6.45) is 5.81. The molecule has 2 heterocycles. The predicted octanol–water partition coefficient (Wildman–Crippen LogP) is 1.94. The lowest BCUT2D eigenvalue weighted by molar-refractivity contribution is 0.0887. The molecule has 6 nitrogen and oxygen atoms in total. The lowest BCUT2D eigenvalue weighted by Crippen LogP contribution is -2.50. The van der Waals surface area contributed by atoms with E-state index in [4.69, 9.17) is 4.74 Å². The van der Waals surface area contributed by atoms with Crippen LogP contribution in [0.4, 0.5) is 0 Å². The van der Waals surface area contributed by atoms with Gasteiger partial charge in [0, 0.05) is 51.4 Å². The first-order valence-electron chi connectivity index (χ1n) is 10.5. The number of nitrogens with zero attached hydrogens (tertiary/aromatic N) is 3. The van der Waals surface area contributed by atoms with Crippen molar-refractivity contribution in [3.8, 4) is 5.75 Å². The van der Waals surface area contributed by atoms with Crippen molar-refractivity contribution in [1.29, 1.82) is 0 Å². The van der Waals surface area contributed by atoms with Crippen molar-refractivity contribution in [3.05, 3.63) is 29.3 Å². The van der Waals surface area contributed by atoms with E-state index >= 15 is 0 Å². The number of sulfonamides is 1. The van der Waals surface area contributed by atoms with Crippen LogP contribution >= 0.6 is 0 Å². The van der Waals surface area contributed by atoms with Crippen LogP contribution in [-0.2, 0) is 23.0 Å². The molecule has 1 saturated heterocycles. The summed E-state index contributed by atoms with van der Waals surface area (Å²) >= 11 is 0. The average molecular weight is 408 g/mol. The maximum Gasteiger partial charge on any atom is 0.211 e. The Labute approximate surface area is 169 Å². The standard InChI is InChI=1S/C21H33N3O3S/c1-21(7-8-21)23-13-11-22(12-14-23)9-3-15-27-20-5-4-19-17-24(28(2,25)26)10-6-18(19)16-20/h4-5,16H,3,6-15,17H2,1-2H3. The zero-order valence-corrected chi connectivity index (χ0v) is 18.0. The van der Waals surface area contributed by atoms with Crippen LogP contribution in [0.1, 0.15) is 37.3 Å². The maximum absolute atomic E-state index is 11.7. The van der Waals surface area contributed by atoms with Crippen LogP contribution in [0.15, 0.2) is 18.2 Å². The molecule has 1 aliphatic carbocycles. The van der Waals surface area contributed by atoms with E-state index in [1.807, 2.05) is 12.1 Å². The molecule has 156 valence electrons. The van der Waals surface area contributed by atoms with E-state index in [1.165, 1.54) is 50.8 Å². The van der Waals surface area contributed by atoms with E-state index in [-0.39, 0.29) is 0 Å². The van der Waals surface area contributed by atoms with E-state index < -0.39 is 10.0 Å². The summed E-state index contributed by atoms with van der Waals surface area (Å²) in [6, 6.07) is 6.07. The van der Waals surface area contributed by atoms with Gasteiger partial charge in [-0.3, -0.25) is 4.90 Å². The molecule has 0 atom stereocenters. The van der Waals surface area contributed by atoms with Gasteiger partial charge in [0.25, 0.3) is 0 Å². The van der Waals surface area contributed by atoms with Crippen LogP contribution in [-0.4, -0.2) is 80.2 Å². The number of hydrogen-bond donors (Lipinski definition) is 0. The summed E-state index contributed by atoms with van der Waals surface area (Å²) in [7, 11) is -3.12. The molecule has 1 aromatic rings. The van der Waals surface area contributed by atoms with Gasteiger partial charge in [0.1, 0.15) is 5.75 Å². The molecule has 0 N–H and O–H groups in total. The van der Waals surface area contributed by atoms with Crippen molar-refractivity contribution in [2.45, 2.75) is 44.7 Å². The minimum absolute atomic E-state index is 0.472. The Morgan fingerprint density at radius 3 is 2.50 bits per heavy atom. The van der Waals surface area contributed by atoms with Gasteiger partial charge < -0.3 is 9.64 Å². The van der Waals surface area contributed by atoms with Gasteiger partial charge in [-0.1, -0.05) is 6.07 Å². The zero-order chi connectivity index (χ0) is 19.8. The second kappa shape index (κ2) is 7.94. The second-order valence-corrected chi connectivity index (χ2v) is 10.8. The molecule has 0 bridgehead atoms. The third kappa shape index (κ3) is 4.70. The Bertz CT molecular complexity index is 799. The van der Waals surface area contributed by atoms with Crippen molar-refractivity contribution in [3.63, 3.8) is 0 Å². The average Bonchev–Trinajstić information content (AvgIpc) is 3.43. The van der Waals surface area contributed by atoms with Crippen molar-refractivity contribution < 1.29 is 13.2 Å². The summed E-state index contributed by atoms with van der Waals surface area (Å²) < 4.78 is 31.0. The molecule has 4 rings (SSSR count). The first kappa shape index (κ1) is 20.1. The molecular weight excluding hydrogens is 374 g/mol. The monoisotopic (exact) mass is 407 g/mol. The van der Waals surface area contributed by atoms with E-state index in [2.05, 4.69) is 22.8 Å². The smallest absolute Gasteiger partial charge is 0.211 e. The van der Waals surface area contributed by atoms with Gasteiger partial charge in [0.2, 0.25) is 10.0 Å². The van der Waals surface area contributed by atoms with Crippen LogP contribution in [0.5, 0.6) is 5.75 Å². The molecule has 2 aliphatic heterocycles. The van der Waals surface area contributed by atoms with E-state index in [1.54, 1.807) is 4.31 Å². The van der Waals surface area contributed by atoms with E-state index in [0.29, 0.717) is 18.6 Å². The highest BCUT2D eigenvalue weighted by atomic mass is 32.2. The first-order valence-corrected chi connectivity index (χ1v) is 12.4. The summed E-state index contributed by atoms with van der Waals surface area (Å²) in [4.78, 5) is 5.22. The lowest BCUT2D eigenvalue weighted by Gasteiger charge is -2.38. The van der Waals surface area contributed by atoms with Crippen LogP contribution in [0.25, 0.3) is 0 Å². The molecule has 2 fully saturated rings. The Hall–Kier alpha value is -1.15. The number of ether oxygens (including phenoxy) is 1. The lowest BCUT2D eigenvalue weighted by atomic mass is 10.0. The van der Waals surface area contributed by atoms with E-state index in [0.717, 1.165) is 37.3 Å². The summed E-state index contributed by atoms with van der Waals surface area (Å²) in [5, 5.41) is 0. The summed E-state index contributed by atoms with van der Waals surface area (Å²) in [6.45, 7) is 9.99. The molecule has 3 aliphatic rings. The highest BCUT2D eigenvalue weighted by Crippen LogP contribution is 2.41. The quantitative estimate of drug-likeness (QED) is 0.647. The minimum atomic E-state index is -3.12. The van der Waals surface area contributed by atoms with Crippen molar-refractivity contribution >= 4 is 10.0 Å². The fraction of sp³-hybridized carbons (Fsp3) is 0.714. The highest BCUT2D eigenvalue weighted by molar-refractivity contribution is 7.88. The van der Waals surface area contributed by atoms with Crippen molar-refractivity contribution in [2.75, 3.05) is 52.1 Å². The van der Waals surface area contributed by atoms with Gasteiger partial charge in [-0.15, -0.1) is 0 Å². The normalized spacial score (nSPS) is 23.4. The zero-order valence-electron chi connectivity index (χ0n) is 17.2. The van der Waals surface area contributed by atoms with Gasteiger partial charge in [-0.25, -0.2) is 8.42 Å². The molecular formula is C21H33N3O3S. The Kier molecular flexibility index (Phi) is 5.71. The Morgan fingerprint density at radius 1 is 1.07 bits per heavy atom. The molecule has 0 unspecified atom stereocenters. The van der Waals surface area contributed by atoms with Crippen LogP contribution < -0.4 is 4.74 Å². The molecule has 0 spiro atoms. The van der Waals surface area contributed by atoms with Crippen LogP contribution in [0.3, 0.4) is 0 Å². The Morgan fingerprint density at radius 2 is 1.82 bits per heavy atom. The van der Waals surface area contributed by atoms with Crippen molar-refractivity contribution in [1.82, 2.24) is 14.1 Å². The van der Waals surface area contributed by atoms with Gasteiger partial charge in [0.05, 0.1) is 12.9 Å². The van der Waals surface area contributed by atoms with Gasteiger partial charge >= 0.3 is 0 Å². The SMILES string of the molecule is CC1(N2CCN(CCCOc3ccc4c(c3)CCN(S(C)(=O)=O)C4)CC2)CC1. The first-order chi connectivity index (χ1) is 13.3. The fourth-order valence-corrected chi connectivity index (χ4v) is 5.16. The van der Waals surface area contributed by atoms with Crippen LogP contribution in [0.2, 0.25) is 0 Å². The van der Waals surface area contributed by atoms with Gasteiger partial charge in [-0.05, 0) is 55.9 Å². The predicted molar refractivity (Wildman–Crippen MR) is 111 cm³/mol. The third-order valence-corrected chi connectivity index (χ3v) is 7.87. The number of benzene rings is 1. The largest absolute Gasteiger partial charge is 0.494 e. The molecule has 0 amide bonds. The third-order valence-electron chi connectivity index (χ3n) is 6.62. The molecule has 0 radical (unpaired) electrons. The minimum Gasteiger partial charge on any atom is -0.494 e. The topological polar surface area (TPSA) is 53.1 Å². The summed E-state index contributed by atoms with van der Waals surface area (Å²) in [5.41, 5.74) is 2.81. The Balaban J connectivity index is 1.19. The molecule has 1 aromatic carbocycles.